The lowest BCUT2D eigenvalue weighted by atomic mass is 10.0. The number of carboxylic acid groups (broad SMARTS) is 1. The first-order chi connectivity index (χ1) is 21.4. The van der Waals surface area contributed by atoms with Crippen LogP contribution in [0.5, 0.6) is 5.75 Å². The number of carbonyl (C=O) groups excluding carboxylic acids is 3. The van der Waals surface area contributed by atoms with Crippen LogP contribution in [0.1, 0.15) is 37.3 Å². The van der Waals surface area contributed by atoms with Crippen LogP contribution in [0, 0.1) is 0 Å². The topological polar surface area (TPSA) is 183 Å². The Morgan fingerprint density at radius 1 is 0.978 bits per heavy atom. The smallest absolute Gasteiger partial charge is 0.359 e. The third-order valence-electron chi connectivity index (χ3n) is 7.35. The second kappa shape index (κ2) is 15.0. The lowest BCUT2D eigenvalue weighted by Crippen LogP contribution is -2.54. The summed E-state index contributed by atoms with van der Waals surface area (Å²) in [6, 6.07) is 19.7. The molecule has 1 fully saturated rings. The van der Waals surface area contributed by atoms with Gasteiger partial charge < -0.3 is 35.2 Å². The first-order valence-electron chi connectivity index (χ1n) is 14.4. The van der Waals surface area contributed by atoms with Crippen molar-refractivity contribution in [2.45, 2.75) is 51.2 Å². The number of benzene rings is 3. The maximum absolute atomic E-state index is 13.6. The predicted molar refractivity (Wildman–Crippen MR) is 166 cm³/mol. The summed E-state index contributed by atoms with van der Waals surface area (Å²) in [6.07, 6.45) is 1.72. The lowest BCUT2D eigenvalue weighted by molar-refractivity contribution is -0.139. The fraction of sp³-hybridized carbons (Fsp3) is 0.312. The molecule has 0 unspecified atom stereocenters. The van der Waals surface area contributed by atoms with E-state index in [4.69, 9.17) is 9.84 Å². The Hall–Kier alpha value is -4.51. The average molecular weight is 638 g/mol. The molecule has 0 radical (unpaired) electrons. The van der Waals surface area contributed by atoms with Crippen LogP contribution < -0.4 is 20.7 Å². The molecular formula is C32H36N3O9P. The van der Waals surface area contributed by atoms with E-state index in [1.165, 1.54) is 19.1 Å². The third kappa shape index (κ3) is 9.49. The normalized spacial score (nSPS) is 15.9. The van der Waals surface area contributed by atoms with Crippen LogP contribution in [0.15, 0.2) is 72.8 Å². The molecule has 0 bridgehead atoms. The molecule has 45 heavy (non-hydrogen) atoms. The van der Waals surface area contributed by atoms with Gasteiger partial charge in [-0.05, 0) is 53.6 Å². The van der Waals surface area contributed by atoms with Crippen LogP contribution in [0.2, 0.25) is 0 Å². The number of nitrogens with zero attached hydrogens (tertiary/aromatic N) is 1. The molecule has 1 aliphatic rings. The van der Waals surface area contributed by atoms with E-state index in [2.05, 4.69) is 10.6 Å². The molecule has 3 amide bonds. The van der Waals surface area contributed by atoms with Crippen molar-refractivity contribution in [1.82, 2.24) is 15.5 Å². The van der Waals surface area contributed by atoms with E-state index in [1.807, 2.05) is 54.6 Å². The van der Waals surface area contributed by atoms with E-state index in [1.54, 1.807) is 4.90 Å². The largest absolute Gasteiger partial charge is 0.481 e. The molecule has 0 aliphatic carbocycles. The van der Waals surface area contributed by atoms with E-state index in [0.29, 0.717) is 25.9 Å². The van der Waals surface area contributed by atoms with Gasteiger partial charge in [-0.3, -0.25) is 18.9 Å². The average Bonchev–Trinajstić information content (AvgIpc) is 3.16. The van der Waals surface area contributed by atoms with Gasteiger partial charge in [-0.15, -0.1) is 0 Å². The molecule has 1 saturated heterocycles. The van der Waals surface area contributed by atoms with Gasteiger partial charge in [0.25, 0.3) is 0 Å². The number of likely N-dealkylation sites (tertiary alicyclic amines) is 1. The van der Waals surface area contributed by atoms with Crippen molar-refractivity contribution in [3.05, 3.63) is 83.9 Å². The highest BCUT2D eigenvalue weighted by molar-refractivity contribution is 7.60. The molecule has 12 nitrogen and oxygen atoms in total. The minimum Gasteiger partial charge on any atom is -0.481 e. The number of carboxylic acids is 1. The predicted octanol–water partition coefficient (Wildman–Crippen LogP) is 2.36. The van der Waals surface area contributed by atoms with E-state index in [-0.39, 0.29) is 23.6 Å². The summed E-state index contributed by atoms with van der Waals surface area (Å²) < 4.78 is 17.1. The van der Waals surface area contributed by atoms with Gasteiger partial charge in [0.15, 0.2) is 6.61 Å². The second-order valence-corrected chi connectivity index (χ2v) is 12.4. The van der Waals surface area contributed by atoms with Crippen molar-refractivity contribution in [2.24, 2.45) is 0 Å². The molecular weight excluding hydrogens is 601 g/mol. The second-order valence-electron chi connectivity index (χ2n) is 10.9. The summed E-state index contributed by atoms with van der Waals surface area (Å²) in [5.41, 5.74) is 3.37. The van der Waals surface area contributed by atoms with Gasteiger partial charge >= 0.3 is 13.6 Å². The first kappa shape index (κ1) is 33.4. The summed E-state index contributed by atoms with van der Waals surface area (Å²) >= 11 is 0. The zero-order valence-corrected chi connectivity index (χ0v) is 25.6. The SMILES string of the molecule is CC(=O)N[C@@H](Cc1ccc(OCC(=O)O)c(P(=O)(O)O)c1)C(=O)N[C@H]1CCCCN(Cc2ccc(-c3ccccc3)cc2)C1=O. The van der Waals surface area contributed by atoms with Gasteiger partial charge in [0.2, 0.25) is 17.7 Å². The summed E-state index contributed by atoms with van der Waals surface area (Å²) in [6.45, 7) is 1.32. The highest BCUT2D eigenvalue weighted by Crippen LogP contribution is 2.38. The lowest BCUT2D eigenvalue weighted by Gasteiger charge is -2.27. The van der Waals surface area contributed by atoms with Crippen molar-refractivity contribution in [2.75, 3.05) is 13.2 Å². The van der Waals surface area contributed by atoms with Crippen LogP contribution >= 0.6 is 7.60 Å². The van der Waals surface area contributed by atoms with Gasteiger partial charge in [-0.1, -0.05) is 60.7 Å². The molecule has 3 aromatic rings. The highest BCUT2D eigenvalue weighted by atomic mass is 31.2. The van der Waals surface area contributed by atoms with Crippen LogP contribution in [-0.2, 0) is 36.7 Å². The number of rotatable bonds is 12. The monoisotopic (exact) mass is 637 g/mol. The standard InChI is InChI=1S/C32H36N3O9P/c1-21(36)33-27(17-23-12-15-28(44-20-30(37)38)29(18-23)45(41,42)43)31(39)34-26-9-5-6-16-35(32(26)40)19-22-10-13-25(14-11-22)24-7-3-2-4-8-24/h2-4,7-8,10-15,18,26-27H,5-6,9,16-17,19-20H2,1H3,(H,33,36)(H,34,39)(H,37,38)(H2,41,42,43)/t26-,27-/m0/s1. The van der Waals surface area contributed by atoms with Crippen LogP contribution in [-0.4, -0.2) is 68.7 Å². The Labute approximate surface area is 260 Å². The van der Waals surface area contributed by atoms with Gasteiger partial charge in [0.05, 0.1) is 0 Å². The van der Waals surface area contributed by atoms with Gasteiger partial charge in [-0.25, -0.2) is 4.79 Å². The molecule has 13 heteroatoms. The Bertz CT molecular complexity index is 1570. The first-order valence-corrected chi connectivity index (χ1v) is 16.1. The molecule has 2 atom stereocenters. The van der Waals surface area contributed by atoms with E-state index in [0.717, 1.165) is 29.2 Å². The Morgan fingerprint density at radius 2 is 1.64 bits per heavy atom. The molecule has 4 rings (SSSR count). The van der Waals surface area contributed by atoms with E-state index in [9.17, 15) is 33.5 Å². The Kier molecular flexibility index (Phi) is 11.1. The molecule has 1 aliphatic heterocycles. The van der Waals surface area contributed by atoms with Crippen molar-refractivity contribution >= 4 is 36.6 Å². The number of aliphatic carboxylic acids is 1. The van der Waals surface area contributed by atoms with Crippen LogP contribution in [0.3, 0.4) is 0 Å². The van der Waals surface area contributed by atoms with Crippen molar-refractivity contribution in [3.63, 3.8) is 0 Å². The van der Waals surface area contributed by atoms with Crippen LogP contribution in [0.4, 0.5) is 0 Å². The van der Waals surface area contributed by atoms with E-state index >= 15 is 0 Å². The van der Waals surface area contributed by atoms with Crippen molar-refractivity contribution in [1.29, 1.82) is 0 Å². The van der Waals surface area contributed by atoms with Crippen molar-refractivity contribution in [3.8, 4) is 16.9 Å². The zero-order valence-electron chi connectivity index (χ0n) is 24.7. The van der Waals surface area contributed by atoms with Gasteiger partial charge in [0.1, 0.15) is 23.1 Å². The summed E-state index contributed by atoms with van der Waals surface area (Å²) in [5.74, 6) is -3.01. The number of hydrogen-bond acceptors (Lipinski definition) is 6. The molecule has 238 valence electrons. The number of nitrogens with one attached hydrogen (secondary N) is 2. The molecule has 5 N–H and O–H groups in total. The fourth-order valence-corrected chi connectivity index (χ4v) is 5.95. The number of amides is 3. The molecule has 0 saturated carbocycles. The summed E-state index contributed by atoms with van der Waals surface area (Å²) in [4.78, 5) is 71.2. The minimum absolute atomic E-state index is 0.157. The van der Waals surface area contributed by atoms with Gasteiger partial charge in [0, 0.05) is 26.4 Å². The maximum Gasteiger partial charge on any atom is 0.359 e. The van der Waals surface area contributed by atoms with Crippen molar-refractivity contribution < 1.29 is 43.4 Å². The summed E-state index contributed by atoms with van der Waals surface area (Å²) in [7, 11) is -4.89. The minimum atomic E-state index is -4.89. The molecule has 0 aromatic heterocycles. The Morgan fingerprint density at radius 3 is 2.29 bits per heavy atom. The quantitative estimate of drug-likeness (QED) is 0.186. The Balaban J connectivity index is 1.46. The number of hydrogen-bond donors (Lipinski definition) is 5. The molecule has 1 heterocycles. The highest BCUT2D eigenvalue weighted by Gasteiger charge is 2.32. The maximum atomic E-state index is 13.6. The summed E-state index contributed by atoms with van der Waals surface area (Å²) in [5, 5.41) is 13.7. The number of carbonyl (C=O) groups is 4. The molecule has 0 spiro atoms. The van der Waals surface area contributed by atoms with Crippen LogP contribution in [0.25, 0.3) is 11.1 Å². The third-order valence-corrected chi connectivity index (χ3v) is 8.33. The van der Waals surface area contributed by atoms with E-state index < -0.39 is 49.4 Å². The van der Waals surface area contributed by atoms with Gasteiger partial charge in [-0.2, -0.15) is 0 Å². The number of ether oxygens (including phenoxy) is 1. The zero-order chi connectivity index (χ0) is 32.6. The molecule has 3 aromatic carbocycles. The fourth-order valence-electron chi connectivity index (χ4n) is 5.19.